The number of alkyl halides is 3. The van der Waals surface area contributed by atoms with Gasteiger partial charge in [0, 0.05) is 76.2 Å². The zero-order valence-corrected chi connectivity index (χ0v) is 30.6. The first-order valence-electron chi connectivity index (χ1n) is 18.8. The van der Waals surface area contributed by atoms with Gasteiger partial charge in [0.2, 0.25) is 0 Å². The van der Waals surface area contributed by atoms with Gasteiger partial charge in [-0.2, -0.15) is 13.2 Å². The van der Waals surface area contributed by atoms with Gasteiger partial charge in [-0.15, -0.1) is 0 Å². The van der Waals surface area contributed by atoms with E-state index in [9.17, 15) is 18.0 Å². The first-order valence-corrected chi connectivity index (χ1v) is 18.8. The zero-order chi connectivity index (χ0) is 37.5. The number of nitrogens with one attached hydrogen (secondary N) is 3. The number of halogens is 3. The molecule has 3 aliphatic rings. The predicted molar refractivity (Wildman–Crippen MR) is 206 cm³/mol. The summed E-state index contributed by atoms with van der Waals surface area (Å²) in [5.74, 6) is 3.10. The van der Waals surface area contributed by atoms with Crippen LogP contribution in [0.15, 0.2) is 60.9 Å². The van der Waals surface area contributed by atoms with Crippen LogP contribution in [0.25, 0.3) is 12.2 Å². The molecule has 0 atom stereocenters. The average Bonchev–Trinajstić information content (AvgIpc) is 4.00. The number of rotatable bonds is 13. The van der Waals surface area contributed by atoms with Crippen LogP contribution in [0.4, 0.5) is 36.3 Å². The van der Waals surface area contributed by atoms with Crippen LogP contribution in [0.1, 0.15) is 64.2 Å². The Morgan fingerprint density at radius 2 is 1.70 bits per heavy atom. The SMILES string of the molecule is Cc1nc(Nc2cnc(/C=C/c3cccc(C(=O)Nc4ccc(CN5CCN(CCCC6CC6)CC5)c(C(F)(F)F)c4)c3)cn2)cc(N2CCNCC2)n1. The van der Waals surface area contributed by atoms with E-state index in [2.05, 4.69) is 50.6 Å². The Balaban J connectivity index is 0.938. The predicted octanol–water partition coefficient (Wildman–Crippen LogP) is 6.48. The van der Waals surface area contributed by atoms with Gasteiger partial charge in [0.05, 0.1) is 23.7 Å². The van der Waals surface area contributed by atoms with Crippen LogP contribution in [-0.2, 0) is 12.7 Å². The second-order valence-electron chi connectivity index (χ2n) is 14.3. The molecule has 3 N–H and O–H groups in total. The minimum absolute atomic E-state index is 0.0959. The standard InChI is InChI=1S/C40H47F3N10O/c1-28-47-36(24-38(48-28)53-16-13-44-14-17-53)50-37-26-45-34(25-46-37)11-9-30-4-2-6-31(22-30)39(54)49-33-12-10-32(35(23-33)40(41,42)43)27-52-20-18-51(19-21-52)15-3-5-29-7-8-29/h2,4,6,9-12,22-26,29,44H,3,5,7-8,13-21,27H2,1H3,(H,49,54)(H,46,47,48,50)/b11-9+. The van der Waals surface area contributed by atoms with Crippen molar-refractivity contribution in [3.63, 3.8) is 0 Å². The molecule has 0 bridgehead atoms. The molecule has 1 aliphatic carbocycles. The van der Waals surface area contributed by atoms with Gasteiger partial charge in [-0.25, -0.2) is 15.0 Å². The third-order valence-electron chi connectivity index (χ3n) is 10.1. The van der Waals surface area contributed by atoms with Crippen LogP contribution in [0, 0.1) is 12.8 Å². The summed E-state index contributed by atoms with van der Waals surface area (Å²) in [6, 6.07) is 12.8. The largest absolute Gasteiger partial charge is 0.416 e. The van der Waals surface area contributed by atoms with Crippen molar-refractivity contribution in [2.45, 2.75) is 45.3 Å². The van der Waals surface area contributed by atoms with Gasteiger partial charge in [-0.05, 0) is 73.7 Å². The van der Waals surface area contributed by atoms with E-state index in [1.54, 1.807) is 48.8 Å². The highest BCUT2D eigenvalue weighted by Crippen LogP contribution is 2.35. The number of piperazine rings is 2. The average molecular weight is 741 g/mol. The number of anilines is 4. The molecule has 2 aliphatic heterocycles. The lowest BCUT2D eigenvalue weighted by Crippen LogP contribution is -2.46. The number of amides is 1. The molecule has 2 aromatic carbocycles. The van der Waals surface area contributed by atoms with Crippen LogP contribution >= 0.6 is 0 Å². The van der Waals surface area contributed by atoms with E-state index in [1.165, 1.54) is 31.7 Å². The number of aromatic nitrogens is 4. The van der Waals surface area contributed by atoms with E-state index >= 15 is 0 Å². The van der Waals surface area contributed by atoms with Gasteiger partial charge in [-0.1, -0.05) is 37.1 Å². The number of benzene rings is 2. The molecule has 54 heavy (non-hydrogen) atoms. The fraction of sp³-hybridized carbons (Fsp3) is 0.425. The van der Waals surface area contributed by atoms with Crippen molar-refractivity contribution in [3.05, 3.63) is 94.7 Å². The Morgan fingerprint density at radius 3 is 2.44 bits per heavy atom. The summed E-state index contributed by atoms with van der Waals surface area (Å²) >= 11 is 0. The molecule has 1 saturated carbocycles. The molecule has 1 amide bonds. The molecule has 3 fully saturated rings. The molecule has 7 rings (SSSR count). The molecule has 2 saturated heterocycles. The molecule has 0 unspecified atom stereocenters. The zero-order valence-electron chi connectivity index (χ0n) is 30.6. The molecule has 0 spiro atoms. The number of nitrogens with zero attached hydrogens (tertiary/aromatic N) is 7. The van der Waals surface area contributed by atoms with Crippen molar-refractivity contribution < 1.29 is 18.0 Å². The molecular formula is C40H47F3N10O. The maximum Gasteiger partial charge on any atom is 0.416 e. The monoisotopic (exact) mass is 740 g/mol. The Kier molecular flexibility index (Phi) is 11.8. The number of hydrogen-bond donors (Lipinski definition) is 3. The molecule has 284 valence electrons. The maximum absolute atomic E-state index is 14.2. The topological polar surface area (TPSA) is 114 Å². The van der Waals surface area contributed by atoms with Crippen molar-refractivity contribution in [2.24, 2.45) is 5.92 Å². The van der Waals surface area contributed by atoms with Crippen LogP contribution in [0.5, 0.6) is 0 Å². The summed E-state index contributed by atoms with van der Waals surface area (Å²) in [4.78, 5) is 37.9. The molecule has 2 aromatic heterocycles. The van der Waals surface area contributed by atoms with Crippen molar-refractivity contribution in [1.82, 2.24) is 35.1 Å². The fourth-order valence-electron chi connectivity index (χ4n) is 6.94. The number of carbonyl (C=O) groups excluding carboxylic acids is 1. The van der Waals surface area contributed by atoms with Crippen molar-refractivity contribution >= 4 is 41.2 Å². The quantitative estimate of drug-likeness (QED) is 0.141. The van der Waals surface area contributed by atoms with Crippen molar-refractivity contribution in [1.29, 1.82) is 0 Å². The lowest BCUT2D eigenvalue weighted by atomic mass is 10.0. The summed E-state index contributed by atoms with van der Waals surface area (Å²) in [6.07, 6.45) is 7.47. The summed E-state index contributed by atoms with van der Waals surface area (Å²) in [7, 11) is 0. The van der Waals surface area contributed by atoms with Crippen LogP contribution < -0.4 is 20.9 Å². The van der Waals surface area contributed by atoms with Crippen molar-refractivity contribution in [3.8, 4) is 0 Å². The van der Waals surface area contributed by atoms with E-state index < -0.39 is 17.6 Å². The fourth-order valence-corrected chi connectivity index (χ4v) is 6.94. The lowest BCUT2D eigenvalue weighted by molar-refractivity contribution is -0.138. The summed E-state index contributed by atoms with van der Waals surface area (Å²) < 4.78 is 42.7. The summed E-state index contributed by atoms with van der Waals surface area (Å²) in [5.41, 5.74) is 1.22. The Hall–Kier alpha value is -4.92. The van der Waals surface area contributed by atoms with Crippen LogP contribution in [0.3, 0.4) is 0 Å². The smallest absolute Gasteiger partial charge is 0.354 e. The Morgan fingerprint density at radius 1 is 0.907 bits per heavy atom. The Labute approximate surface area is 314 Å². The highest BCUT2D eigenvalue weighted by molar-refractivity contribution is 6.04. The third-order valence-corrected chi connectivity index (χ3v) is 10.1. The second-order valence-corrected chi connectivity index (χ2v) is 14.3. The van der Waals surface area contributed by atoms with Gasteiger partial charge in [-0.3, -0.25) is 14.7 Å². The van der Waals surface area contributed by atoms with Gasteiger partial charge in [0.15, 0.2) is 0 Å². The van der Waals surface area contributed by atoms with E-state index in [1.807, 2.05) is 19.1 Å². The van der Waals surface area contributed by atoms with E-state index in [-0.39, 0.29) is 17.8 Å². The Bertz CT molecular complexity index is 1920. The minimum Gasteiger partial charge on any atom is -0.354 e. The maximum atomic E-state index is 14.2. The number of carbonyl (C=O) groups is 1. The molecular weight excluding hydrogens is 694 g/mol. The van der Waals surface area contributed by atoms with Gasteiger partial charge in [0.1, 0.15) is 23.3 Å². The third kappa shape index (κ3) is 10.4. The van der Waals surface area contributed by atoms with Crippen LogP contribution in [0.2, 0.25) is 0 Å². The summed E-state index contributed by atoms with van der Waals surface area (Å²) in [5, 5.41) is 9.22. The lowest BCUT2D eigenvalue weighted by Gasteiger charge is -2.35. The highest BCUT2D eigenvalue weighted by Gasteiger charge is 2.34. The first kappa shape index (κ1) is 37.4. The molecule has 14 heteroatoms. The normalized spacial score (nSPS) is 17.2. The van der Waals surface area contributed by atoms with E-state index in [0.29, 0.717) is 28.7 Å². The van der Waals surface area contributed by atoms with E-state index in [4.69, 9.17) is 0 Å². The summed E-state index contributed by atoms with van der Waals surface area (Å²) in [6.45, 7) is 9.92. The van der Waals surface area contributed by atoms with Gasteiger partial charge >= 0.3 is 6.18 Å². The van der Waals surface area contributed by atoms with Gasteiger partial charge in [0.25, 0.3) is 5.91 Å². The van der Waals surface area contributed by atoms with Crippen molar-refractivity contribution in [2.75, 3.05) is 74.4 Å². The van der Waals surface area contributed by atoms with Gasteiger partial charge < -0.3 is 25.8 Å². The molecule has 11 nitrogen and oxygen atoms in total. The molecule has 0 radical (unpaired) electrons. The van der Waals surface area contributed by atoms with E-state index in [0.717, 1.165) is 82.3 Å². The van der Waals surface area contributed by atoms with Crippen LogP contribution in [-0.4, -0.2) is 94.5 Å². The number of hydrogen-bond acceptors (Lipinski definition) is 10. The first-order chi connectivity index (χ1) is 26.1. The molecule has 4 heterocycles. The highest BCUT2D eigenvalue weighted by atomic mass is 19.4. The number of aryl methyl sites for hydroxylation is 1. The second kappa shape index (κ2) is 17.0. The molecule has 4 aromatic rings. The minimum atomic E-state index is -4.55.